The Balaban J connectivity index is 2.50. The van der Waals surface area contributed by atoms with Crippen LogP contribution < -0.4 is 16.0 Å². The summed E-state index contributed by atoms with van der Waals surface area (Å²) in [4.78, 5) is 22.6. The number of rotatable bonds is 4. The van der Waals surface area contributed by atoms with Crippen LogP contribution in [0.3, 0.4) is 0 Å². The van der Waals surface area contributed by atoms with Crippen molar-refractivity contribution in [2.24, 2.45) is 0 Å². The van der Waals surface area contributed by atoms with Crippen molar-refractivity contribution in [3.8, 4) is 0 Å². The van der Waals surface area contributed by atoms with E-state index in [9.17, 15) is 9.59 Å². The fourth-order valence-corrected chi connectivity index (χ4v) is 1.64. The molecule has 0 aliphatic rings. The van der Waals surface area contributed by atoms with E-state index in [0.717, 1.165) is 16.8 Å². The molecule has 0 bridgehead atoms. The van der Waals surface area contributed by atoms with E-state index in [2.05, 4.69) is 16.0 Å². The molecule has 0 aromatic heterocycles. The van der Waals surface area contributed by atoms with Crippen molar-refractivity contribution in [2.75, 3.05) is 18.4 Å². The van der Waals surface area contributed by atoms with Crippen LogP contribution in [0.2, 0.25) is 0 Å². The number of hydrogen-bond acceptors (Lipinski definition) is 3. The molecule has 0 unspecified atom stereocenters. The number of nitrogens with one attached hydrogen (secondary N) is 3. The van der Waals surface area contributed by atoms with Crippen LogP contribution in [-0.4, -0.2) is 25.0 Å². The first kappa shape index (κ1) is 14.0. The Morgan fingerprint density at radius 1 is 1.17 bits per heavy atom. The van der Waals surface area contributed by atoms with E-state index in [1.165, 1.54) is 0 Å². The number of amides is 3. The molecule has 3 N–H and O–H groups in total. The van der Waals surface area contributed by atoms with Crippen molar-refractivity contribution >= 4 is 17.6 Å². The zero-order chi connectivity index (χ0) is 13.5. The van der Waals surface area contributed by atoms with Crippen LogP contribution >= 0.6 is 0 Å². The highest BCUT2D eigenvalue weighted by Gasteiger charge is 2.07. The molecule has 0 spiro atoms. The van der Waals surface area contributed by atoms with Gasteiger partial charge in [-0.2, -0.15) is 0 Å². The Morgan fingerprint density at radius 2 is 1.78 bits per heavy atom. The van der Waals surface area contributed by atoms with Gasteiger partial charge in [-0.15, -0.1) is 0 Å². The highest BCUT2D eigenvalue weighted by atomic mass is 16.2. The van der Waals surface area contributed by atoms with Gasteiger partial charge in [-0.1, -0.05) is 18.2 Å². The van der Waals surface area contributed by atoms with Crippen molar-refractivity contribution < 1.29 is 9.59 Å². The van der Waals surface area contributed by atoms with Crippen molar-refractivity contribution in [2.45, 2.75) is 20.8 Å². The van der Waals surface area contributed by atoms with Crippen LogP contribution in [0.1, 0.15) is 18.1 Å². The standard InChI is InChI=1S/C13H19N3O2/c1-4-14-13(18)16-11(17)8-15-12-9(2)6-5-7-10(12)3/h5-7,15H,4,8H2,1-3H3,(H2,14,16,17,18). The number of benzene rings is 1. The molecule has 0 fully saturated rings. The van der Waals surface area contributed by atoms with Gasteiger partial charge in [-0.25, -0.2) is 4.79 Å². The van der Waals surface area contributed by atoms with Crippen LogP contribution in [0.25, 0.3) is 0 Å². The molecule has 1 aromatic carbocycles. The number of carbonyl (C=O) groups excluding carboxylic acids is 2. The molecule has 0 saturated carbocycles. The summed E-state index contributed by atoms with van der Waals surface area (Å²) in [5, 5.41) is 7.77. The molecule has 0 aliphatic carbocycles. The van der Waals surface area contributed by atoms with Gasteiger partial charge < -0.3 is 10.6 Å². The van der Waals surface area contributed by atoms with Gasteiger partial charge in [0.2, 0.25) is 5.91 Å². The summed E-state index contributed by atoms with van der Waals surface area (Å²) in [6.45, 7) is 6.29. The van der Waals surface area contributed by atoms with Crippen LogP contribution in [-0.2, 0) is 4.79 Å². The van der Waals surface area contributed by atoms with Crippen molar-refractivity contribution in [3.05, 3.63) is 29.3 Å². The lowest BCUT2D eigenvalue weighted by Crippen LogP contribution is -2.41. The molecule has 0 atom stereocenters. The lowest BCUT2D eigenvalue weighted by Gasteiger charge is -2.12. The average Bonchev–Trinajstić information content (AvgIpc) is 2.28. The molecule has 98 valence electrons. The number of imide groups is 1. The van der Waals surface area contributed by atoms with Crippen LogP contribution in [0.15, 0.2) is 18.2 Å². The minimum absolute atomic E-state index is 0.0722. The van der Waals surface area contributed by atoms with Gasteiger partial charge in [-0.05, 0) is 31.9 Å². The van der Waals surface area contributed by atoms with Crippen molar-refractivity contribution in [3.63, 3.8) is 0 Å². The van der Waals surface area contributed by atoms with E-state index >= 15 is 0 Å². The Labute approximate surface area is 107 Å². The second-order valence-corrected chi connectivity index (χ2v) is 4.03. The maximum absolute atomic E-state index is 11.5. The zero-order valence-electron chi connectivity index (χ0n) is 11.0. The minimum Gasteiger partial charge on any atom is -0.376 e. The highest BCUT2D eigenvalue weighted by Crippen LogP contribution is 2.18. The quantitative estimate of drug-likeness (QED) is 0.758. The first-order valence-corrected chi connectivity index (χ1v) is 5.92. The smallest absolute Gasteiger partial charge is 0.321 e. The summed E-state index contributed by atoms with van der Waals surface area (Å²) in [5.41, 5.74) is 3.07. The molecule has 0 aliphatic heterocycles. The Kier molecular flexibility index (Phi) is 5.17. The van der Waals surface area contributed by atoms with Gasteiger partial charge in [-0.3, -0.25) is 10.1 Å². The zero-order valence-corrected chi connectivity index (χ0v) is 11.0. The molecule has 0 saturated heterocycles. The van der Waals surface area contributed by atoms with Crippen LogP contribution in [0.5, 0.6) is 0 Å². The Morgan fingerprint density at radius 3 is 2.33 bits per heavy atom. The fourth-order valence-electron chi connectivity index (χ4n) is 1.64. The minimum atomic E-state index is -0.467. The SMILES string of the molecule is CCNC(=O)NC(=O)CNc1c(C)cccc1C. The summed E-state index contributed by atoms with van der Waals surface area (Å²) in [7, 11) is 0. The van der Waals surface area contributed by atoms with Gasteiger partial charge in [0.1, 0.15) is 0 Å². The highest BCUT2D eigenvalue weighted by molar-refractivity contribution is 5.96. The van der Waals surface area contributed by atoms with E-state index < -0.39 is 6.03 Å². The average molecular weight is 249 g/mol. The second-order valence-electron chi connectivity index (χ2n) is 4.03. The third kappa shape index (κ3) is 4.08. The molecule has 18 heavy (non-hydrogen) atoms. The first-order valence-electron chi connectivity index (χ1n) is 5.92. The maximum atomic E-state index is 11.5. The molecular weight excluding hydrogens is 230 g/mol. The van der Waals surface area contributed by atoms with Crippen molar-refractivity contribution in [1.29, 1.82) is 0 Å². The third-order valence-corrected chi connectivity index (χ3v) is 2.50. The molecule has 3 amide bonds. The monoisotopic (exact) mass is 249 g/mol. The van der Waals surface area contributed by atoms with E-state index in [1.54, 1.807) is 6.92 Å². The molecule has 1 rings (SSSR count). The van der Waals surface area contributed by atoms with E-state index in [-0.39, 0.29) is 12.5 Å². The lowest BCUT2D eigenvalue weighted by molar-refractivity contribution is -0.118. The van der Waals surface area contributed by atoms with Gasteiger partial charge >= 0.3 is 6.03 Å². The van der Waals surface area contributed by atoms with E-state index in [0.29, 0.717) is 6.54 Å². The van der Waals surface area contributed by atoms with Crippen LogP contribution in [0, 0.1) is 13.8 Å². The molecule has 0 heterocycles. The summed E-state index contributed by atoms with van der Waals surface area (Å²) < 4.78 is 0. The molecule has 5 nitrogen and oxygen atoms in total. The first-order chi connectivity index (χ1) is 8.54. The van der Waals surface area contributed by atoms with Gasteiger partial charge in [0.25, 0.3) is 0 Å². The van der Waals surface area contributed by atoms with Crippen molar-refractivity contribution in [1.82, 2.24) is 10.6 Å². The molecule has 0 radical (unpaired) electrons. The summed E-state index contributed by atoms with van der Waals surface area (Å²) in [5.74, 6) is -0.358. The lowest BCUT2D eigenvalue weighted by atomic mass is 10.1. The molecule has 1 aromatic rings. The summed E-state index contributed by atoms with van der Waals surface area (Å²) in [6, 6.07) is 5.43. The number of carbonyl (C=O) groups is 2. The third-order valence-electron chi connectivity index (χ3n) is 2.50. The van der Waals surface area contributed by atoms with E-state index in [4.69, 9.17) is 0 Å². The van der Waals surface area contributed by atoms with E-state index in [1.807, 2.05) is 32.0 Å². The van der Waals surface area contributed by atoms with Gasteiger partial charge in [0.15, 0.2) is 0 Å². The predicted molar refractivity (Wildman–Crippen MR) is 71.6 cm³/mol. The number of para-hydroxylation sites is 1. The number of urea groups is 1. The summed E-state index contributed by atoms with van der Waals surface area (Å²) >= 11 is 0. The number of aryl methyl sites for hydroxylation is 2. The second kappa shape index (κ2) is 6.64. The largest absolute Gasteiger partial charge is 0.376 e. The summed E-state index contributed by atoms with van der Waals surface area (Å²) in [6.07, 6.45) is 0. The number of anilines is 1. The van der Waals surface area contributed by atoms with Crippen LogP contribution in [0.4, 0.5) is 10.5 Å². The van der Waals surface area contributed by atoms with Gasteiger partial charge in [0.05, 0.1) is 6.54 Å². The normalized spacial score (nSPS) is 9.72. The predicted octanol–water partition coefficient (Wildman–Crippen LogP) is 1.56. The fraction of sp³-hybridized carbons (Fsp3) is 0.385. The Bertz CT molecular complexity index is 424. The maximum Gasteiger partial charge on any atom is 0.321 e. The number of hydrogen-bond donors (Lipinski definition) is 3. The topological polar surface area (TPSA) is 70.2 Å². The Hall–Kier alpha value is -2.04. The van der Waals surface area contributed by atoms with Gasteiger partial charge in [0, 0.05) is 12.2 Å². The molecule has 5 heteroatoms. The molecular formula is C13H19N3O2.